The maximum Gasteiger partial charge on any atom is 0.332 e. The number of halogens is 1. The van der Waals surface area contributed by atoms with Gasteiger partial charge in [0.1, 0.15) is 33.7 Å². The van der Waals surface area contributed by atoms with Gasteiger partial charge in [-0.05, 0) is 30.2 Å². The van der Waals surface area contributed by atoms with Gasteiger partial charge in [-0.15, -0.1) is 0 Å². The fraction of sp³-hybridized carbons (Fsp3) is 0.273. The molecule has 3 unspecified atom stereocenters. The predicted octanol–water partition coefficient (Wildman–Crippen LogP) is 3.77. The molecule has 47 heavy (non-hydrogen) atoms. The summed E-state index contributed by atoms with van der Waals surface area (Å²) >= 11 is 6.64. The van der Waals surface area contributed by atoms with E-state index in [9.17, 15) is 14.4 Å². The Morgan fingerprint density at radius 2 is 1.70 bits per heavy atom. The number of anilines is 1. The van der Waals surface area contributed by atoms with Crippen LogP contribution < -0.4 is 35.5 Å². The quantitative estimate of drug-likeness (QED) is 0.312. The van der Waals surface area contributed by atoms with Gasteiger partial charge in [0.05, 0.1) is 19.8 Å². The van der Waals surface area contributed by atoms with Crippen molar-refractivity contribution in [3.05, 3.63) is 103 Å². The van der Waals surface area contributed by atoms with Crippen molar-refractivity contribution in [2.24, 2.45) is 20.0 Å². The Labute approximate surface area is 272 Å². The number of allylic oxidation sites excluding steroid dienone is 1. The number of aromatic nitrogens is 4. The number of ketones is 2. The highest BCUT2D eigenvalue weighted by atomic mass is 35.5. The molecule has 0 bridgehead atoms. The van der Waals surface area contributed by atoms with Crippen LogP contribution in [0.3, 0.4) is 0 Å². The minimum Gasteiger partial charge on any atom is -0.496 e. The zero-order valence-corrected chi connectivity index (χ0v) is 26.7. The van der Waals surface area contributed by atoms with Crippen molar-refractivity contribution < 1.29 is 28.5 Å². The largest absolute Gasteiger partial charge is 0.496 e. The fourth-order valence-electron chi connectivity index (χ4n) is 6.72. The molecule has 3 aliphatic rings. The summed E-state index contributed by atoms with van der Waals surface area (Å²) in [6, 6.07) is 10.0. The lowest BCUT2D eigenvalue weighted by molar-refractivity contribution is -0.130. The molecule has 13 nitrogen and oxygen atoms in total. The summed E-state index contributed by atoms with van der Waals surface area (Å²) in [5.74, 6) is -2.09. The van der Waals surface area contributed by atoms with E-state index in [1.165, 1.54) is 44.3 Å². The summed E-state index contributed by atoms with van der Waals surface area (Å²) in [5, 5.41) is 3.23. The molecule has 2 aromatic heterocycles. The van der Waals surface area contributed by atoms with Crippen LogP contribution in [0.4, 0.5) is 5.82 Å². The first-order valence-electron chi connectivity index (χ1n) is 14.6. The lowest BCUT2D eigenvalue weighted by atomic mass is 9.66. The van der Waals surface area contributed by atoms with E-state index in [-0.39, 0.29) is 57.2 Å². The molecule has 1 aliphatic carbocycles. The van der Waals surface area contributed by atoms with E-state index in [0.717, 1.165) is 4.57 Å². The minimum absolute atomic E-state index is 0.0191. The summed E-state index contributed by atoms with van der Waals surface area (Å²) < 4.78 is 25.5. The highest BCUT2D eigenvalue weighted by molar-refractivity contribution is 6.36. The second-order valence-electron chi connectivity index (χ2n) is 11.5. The number of nitrogens with zero attached hydrogens (tertiary/aromatic N) is 4. The SMILES string of the molecule is COc1cc(OC)c2c(c1Cl)OC1(C(=O)C3=C(CC1C)Nc1c(c(=O)n(C)c(=O)n1C)C3c1cccc(Oc3ncccn3)c1)C2=O. The number of rotatable bonds is 5. The molecule has 2 aliphatic heterocycles. The van der Waals surface area contributed by atoms with Crippen molar-refractivity contribution in [2.75, 3.05) is 19.5 Å². The summed E-state index contributed by atoms with van der Waals surface area (Å²) in [5.41, 5.74) is -1.93. The maximum atomic E-state index is 15.1. The molecule has 4 aromatic rings. The van der Waals surface area contributed by atoms with Crippen molar-refractivity contribution >= 4 is 29.0 Å². The highest BCUT2D eigenvalue weighted by Crippen LogP contribution is 2.56. The van der Waals surface area contributed by atoms with E-state index in [2.05, 4.69) is 15.3 Å². The monoisotopic (exact) mass is 657 g/mol. The van der Waals surface area contributed by atoms with E-state index in [1.54, 1.807) is 44.3 Å². The van der Waals surface area contributed by atoms with Crippen LogP contribution in [-0.2, 0) is 18.9 Å². The van der Waals surface area contributed by atoms with Crippen LogP contribution in [0.25, 0.3) is 0 Å². The minimum atomic E-state index is -2.03. The predicted molar refractivity (Wildman–Crippen MR) is 169 cm³/mol. The normalized spacial score (nSPS) is 21.1. The Kier molecular flexibility index (Phi) is 6.97. The van der Waals surface area contributed by atoms with Gasteiger partial charge in [-0.25, -0.2) is 14.8 Å². The van der Waals surface area contributed by atoms with Crippen LogP contribution in [0.15, 0.2) is 69.7 Å². The first-order valence-corrected chi connectivity index (χ1v) is 15.0. The van der Waals surface area contributed by atoms with Crippen LogP contribution in [-0.4, -0.2) is 50.5 Å². The van der Waals surface area contributed by atoms with Crippen molar-refractivity contribution in [1.29, 1.82) is 0 Å². The average molecular weight is 658 g/mol. The molecule has 0 saturated carbocycles. The molecule has 0 fully saturated rings. The van der Waals surface area contributed by atoms with Gasteiger partial charge in [0, 0.05) is 55.7 Å². The van der Waals surface area contributed by atoms with E-state index in [4.69, 9.17) is 30.5 Å². The Bertz CT molecular complexity index is 2180. The van der Waals surface area contributed by atoms with Crippen molar-refractivity contribution in [3.8, 4) is 29.0 Å². The van der Waals surface area contributed by atoms with Crippen LogP contribution in [0.5, 0.6) is 29.0 Å². The smallest absolute Gasteiger partial charge is 0.332 e. The van der Waals surface area contributed by atoms with Gasteiger partial charge in [-0.2, -0.15) is 0 Å². The zero-order chi connectivity index (χ0) is 33.4. The lowest BCUT2D eigenvalue weighted by Gasteiger charge is -2.42. The maximum absolute atomic E-state index is 15.1. The highest BCUT2D eigenvalue weighted by Gasteiger charge is 2.63. The number of ether oxygens (including phenoxy) is 4. The standard InChI is InChI=1S/C33H28ClN5O8/c1-15-12-18-22(27(40)33(15)28(41)23-19(44-4)14-20(45-5)25(34)26(23)47-33)21(24-29(37-18)38(2)32(43)39(3)30(24)42)16-8-6-9-17(13-16)46-31-35-10-7-11-36-31/h6-11,13-15,21,37H,12H2,1-5H3. The summed E-state index contributed by atoms with van der Waals surface area (Å²) in [4.78, 5) is 64.7. The van der Waals surface area contributed by atoms with Crippen molar-refractivity contribution in [3.63, 3.8) is 0 Å². The first-order chi connectivity index (χ1) is 22.5. The molecular formula is C33H28ClN5O8. The zero-order valence-electron chi connectivity index (χ0n) is 25.9. The number of fused-ring (bicyclic) bond motifs is 2. The van der Waals surface area contributed by atoms with Crippen LogP contribution in [0.1, 0.15) is 40.7 Å². The third kappa shape index (κ3) is 4.22. The number of hydrogen-bond donors (Lipinski definition) is 1. The first kappa shape index (κ1) is 30.2. The van der Waals surface area contributed by atoms with E-state index < -0.39 is 40.3 Å². The third-order valence-electron chi connectivity index (χ3n) is 9.02. The molecule has 3 atom stereocenters. The molecule has 0 amide bonds. The van der Waals surface area contributed by atoms with Crippen LogP contribution >= 0.6 is 11.6 Å². The van der Waals surface area contributed by atoms with E-state index in [0.29, 0.717) is 17.0 Å². The fourth-order valence-corrected chi connectivity index (χ4v) is 6.99. The molecule has 7 rings (SSSR count). The number of methoxy groups -OCH3 is 2. The second kappa shape index (κ2) is 10.8. The van der Waals surface area contributed by atoms with E-state index >= 15 is 4.79 Å². The van der Waals surface area contributed by atoms with Gasteiger partial charge in [0.25, 0.3) is 5.56 Å². The number of carbonyl (C=O) groups is 2. The summed E-state index contributed by atoms with van der Waals surface area (Å²) in [6.07, 6.45) is 3.22. The van der Waals surface area contributed by atoms with Gasteiger partial charge in [0.15, 0.2) is 5.75 Å². The van der Waals surface area contributed by atoms with Crippen LogP contribution in [0, 0.1) is 5.92 Å². The Morgan fingerprint density at radius 3 is 2.40 bits per heavy atom. The molecule has 4 heterocycles. The molecule has 1 N–H and O–H groups in total. The summed E-state index contributed by atoms with van der Waals surface area (Å²) in [6.45, 7) is 1.73. The number of nitrogens with one attached hydrogen (secondary N) is 1. The van der Waals surface area contributed by atoms with E-state index in [1.807, 2.05) is 0 Å². The Hall–Kier alpha value is -5.43. The van der Waals surface area contributed by atoms with Crippen molar-refractivity contribution in [2.45, 2.75) is 24.9 Å². The molecule has 14 heteroatoms. The Balaban J connectivity index is 1.44. The van der Waals surface area contributed by atoms with Gasteiger partial charge < -0.3 is 24.3 Å². The number of benzene rings is 2. The number of Topliss-reactive ketones (excluding diaryl/α,β-unsaturated/α-hetero) is 2. The second-order valence-corrected chi connectivity index (χ2v) is 11.9. The van der Waals surface area contributed by atoms with Gasteiger partial charge in [-0.1, -0.05) is 30.7 Å². The molecule has 2 aromatic carbocycles. The molecular weight excluding hydrogens is 630 g/mol. The molecule has 1 spiro atoms. The topological polar surface area (TPSA) is 153 Å². The summed E-state index contributed by atoms with van der Waals surface area (Å²) in [7, 11) is 5.71. The van der Waals surface area contributed by atoms with Gasteiger partial charge in [-0.3, -0.25) is 23.5 Å². The molecule has 0 saturated heterocycles. The average Bonchev–Trinajstić information content (AvgIpc) is 3.39. The number of hydrogen-bond acceptors (Lipinski definition) is 11. The third-order valence-corrected chi connectivity index (χ3v) is 9.38. The Morgan fingerprint density at radius 1 is 0.979 bits per heavy atom. The molecule has 240 valence electrons. The number of carbonyl (C=O) groups excluding carboxylic acids is 2. The van der Waals surface area contributed by atoms with Crippen LogP contribution in [0.2, 0.25) is 5.02 Å². The lowest BCUT2D eigenvalue weighted by Crippen LogP contribution is -2.58. The molecule has 0 radical (unpaired) electrons. The van der Waals surface area contributed by atoms with Gasteiger partial charge in [0.2, 0.25) is 17.2 Å². The van der Waals surface area contributed by atoms with Gasteiger partial charge >= 0.3 is 11.7 Å². The van der Waals surface area contributed by atoms with Crippen molar-refractivity contribution in [1.82, 2.24) is 19.1 Å².